The largest absolute Gasteiger partial charge is 0.464 e. The molecule has 88 valence electrons. The van der Waals surface area contributed by atoms with E-state index in [0.29, 0.717) is 0 Å². The number of hydrogen-bond donors (Lipinski definition) is 2. The van der Waals surface area contributed by atoms with Crippen molar-refractivity contribution in [3.05, 3.63) is 10.1 Å². The van der Waals surface area contributed by atoms with Gasteiger partial charge in [0.25, 0.3) is 0 Å². The van der Waals surface area contributed by atoms with Gasteiger partial charge >= 0.3 is 23.9 Å². The van der Waals surface area contributed by atoms with E-state index in [1.807, 2.05) is 5.32 Å². The lowest BCUT2D eigenvalue weighted by atomic mass is 10.1. The third-order valence-electron chi connectivity index (χ3n) is 1.88. The fraction of sp³-hybridized carbons (Fsp3) is 0.571. The molecule has 2 N–H and O–H groups in total. The number of esters is 1. The molecule has 9 heteroatoms. The highest BCUT2D eigenvalue weighted by molar-refractivity contribution is 6.04. The van der Waals surface area contributed by atoms with Crippen molar-refractivity contribution in [1.82, 2.24) is 10.6 Å². The number of carbonyl (C=O) groups is 3. The van der Waals surface area contributed by atoms with Crippen molar-refractivity contribution in [2.24, 2.45) is 0 Å². The lowest BCUT2D eigenvalue weighted by Gasteiger charge is -2.23. The molecule has 0 radical (unpaired) electrons. The van der Waals surface area contributed by atoms with Gasteiger partial charge < -0.3 is 10.1 Å². The van der Waals surface area contributed by atoms with E-state index in [-0.39, 0.29) is 6.61 Å². The second-order valence-electron chi connectivity index (χ2n) is 2.92. The summed E-state index contributed by atoms with van der Waals surface area (Å²) in [5, 5.41) is 14.3. The average molecular weight is 231 g/mol. The number of nitrogens with zero attached hydrogens (tertiary/aromatic N) is 1. The normalized spacial score (nSPS) is 24.3. The Balaban J connectivity index is 2.91. The summed E-state index contributed by atoms with van der Waals surface area (Å²) in [6, 6.07) is -4.41. The lowest BCUT2D eigenvalue weighted by molar-refractivity contribution is -0.510. The molecule has 0 aromatic rings. The molecule has 3 amide bonds. The van der Waals surface area contributed by atoms with Crippen LogP contribution in [0.15, 0.2) is 0 Å². The quantitative estimate of drug-likeness (QED) is 0.342. The summed E-state index contributed by atoms with van der Waals surface area (Å²) in [4.78, 5) is 42.9. The van der Waals surface area contributed by atoms with Gasteiger partial charge in [0, 0.05) is 4.92 Å². The third kappa shape index (κ3) is 2.24. The Morgan fingerprint density at radius 3 is 2.69 bits per heavy atom. The maximum atomic E-state index is 11.3. The highest BCUT2D eigenvalue weighted by Crippen LogP contribution is 2.06. The van der Waals surface area contributed by atoms with E-state index in [1.165, 1.54) is 6.92 Å². The molecule has 0 aromatic carbocycles. The van der Waals surface area contributed by atoms with Gasteiger partial charge in [0.2, 0.25) is 6.04 Å². The fourth-order valence-electron chi connectivity index (χ4n) is 1.23. The second kappa shape index (κ2) is 4.55. The van der Waals surface area contributed by atoms with Crippen molar-refractivity contribution in [3.8, 4) is 0 Å². The maximum absolute atomic E-state index is 11.3. The van der Waals surface area contributed by atoms with Gasteiger partial charge in [-0.1, -0.05) is 0 Å². The molecule has 0 spiro atoms. The standard InChI is InChI=1S/C7H9N3O6/c1-2-16-6(12)3-4(10(14)15)5(11)9-7(13)8-3/h3-4H,2H2,1H3,(H2,8,9,11,13). The molecule has 1 rings (SSSR count). The number of urea groups is 1. The highest BCUT2D eigenvalue weighted by atomic mass is 16.6. The SMILES string of the molecule is CCOC(=O)C1NC(=O)NC(=O)C1[N+](=O)[O-]. The summed E-state index contributed by atoms with van der Waals surface area (Å²) in [5.41, 5.74) is 0. The number of nitrogens with one attached hydrogen (secondary N) is 2. The summed E-state index contributed by atoms with van der Waals surface area (Å²) in [6.45, 7) is 1.50. The molecule has 0 aromatic heterocycles. The van der Waals surface area contributed by atoms with Crippen LogP contribution in [0.5, 0.6) is 0 Å². The van der Waals surface area contributed by atoms with Gasteiger partial charge in [-0.3, -0.25) is 20.2 Å². The smallest absolute Gasteiger partial charge is 0.336 e. The van der Waals surface area contributed by atoms with E-state index in [1.54, 1.807) is 5.32 Å². The molecular formula is C7H9N3O6. The van der Waals surface area contributed by atoms with E-state index in [2.05, 4.69) is 4.74 Å². The Kier molecular flexibility index (Phi) is 3.38. The summed E-state index contributed by atoms with van der Waals surface area (Å²) in [5.74, 6) is -2.14. The molecule has 0 bridgehead atoms. The molecule has 2 unspecified atom stereocenters. The molecule has 0 saturated carbocycles. The van der Waals surface area contributed by atoms with Crippen LogP contribution in [-0.4, -0.2) is 41.5 Å². The summed E-state index contributed by atoms with van der Waals surface area (Å²) in [7, 11) is 0. The van der Waals surface area contributed by atoms with Crippen molar-refractivity contribution < 1.29 is 24.0 Å². The number of nitro groups is 1. The number of rotatable bonds is 3. The molecule has 2 atom stereocenters. The Labute approximate surface area is 89.3 Å². The topological polar surface area (TPSA) is 128 Å². The van der Waals surface area contributed by atoms with Crippen molar-refractivity contribution in [2.45, 2.75) is 19.0 Å². The van der Waals surface area contributed by atoms with Crippen LogP contribution in [0.3, 0.4) is 0 Å². The minimum atomic E-state index is -1.86. The molecule has 1 aliphatic rings. The van der Waals surface area contributed by atoms with Gasteiger partial charge in [0.05, 0.1) is 6.61 Å². The van der Waals surface area contributed by atoms with Crippen molar-refractivity contribution in [2.75, 3.05) is 6.61 Å². The van der Waals surface area contributed by atoms with Crippen LogP contribution in [0.25, 0.3) is 0 Å². The van der Waals surface area contributed by atoms with E-state index < -0.39 is 34.9 Å². The van der Waals surface area contributed by atoms with Crippen LogP contribution in [0.2, 0.25) is 0 Å². The first-order chi connectivity index (χ1) is 7.47. The van der Waals surface area contributed by atoms with E-state index >= 15 is 0 Å². The minimum absolute atomic E-state index is 0.00272. The molecular weight excluding hydrogens is 222 g/mol. The molecule has 9 nitrogen and oxygen atoms in total. The second-order valence-corrected chi connectivity index (χ2v) is 2.92. The fourth-order valence-corrected chi connectivity index (χ4v) is 1.23. The Morgan fingerprint density at radius 1 is 1.56 bits per heavy atom. The summed E-state index contributed by atoms with van der Waals surface area (Å²) < 4.78 is 4.52. The first kappa shape index (κ1) is 11.9. The summed E-state index contributed by atoms with van der Waals surface area (Å²) >= 11 is 0. The van der Waals surface area contributed by atoms with Crippen molar-refractivity contribution in [3.63, 3.8) is 0 Å². The van der Waals surface area contributed by atoms with Gasteiger partial charge in [-0.05, 0) is 6.92 Å². The summed E-state index contributed by atoms with van der Waals surface area (Å²) in [6.07, 6.45) is 0. The molecule has 1 aliphatic heterocycles. The predicted octanol–water partition coefficient (Wildman–Crippen LogP) is -1.60. The Hall–Kier alpha value is -2.19. The third-order valence-corrected chi connectivity index (χ3v) is 1.88. The maximum Gasteiger partial charge on any atom is 0.336 e. The number of amides is 3. The first-order valence-electron chi connectivity index (χ1n) is 4.38. The number of carbonyl (C=O) groups excluding carboxylic acids is 3. The van der Waals surface area contributed by atoms with E-state index in [4.69, 9.17) is 0 Å². The zero-order valence-electron chi connectivity index (χ0n) is 8.26. The lowest BCUT2D eigenvalue weighted by Crippen LogP contribution is -2.66. The number of hydrogen-bond acceptors (Lipinski definition) is 6. The zero-order chi connectivity index (χ0) is 12.3. The monoisotopic (exact) mass is 231 g/mol. The Bertz CT molecular complexity index is 354. The first-order valence-corrected chi connectivity index (χ1v) is 4.38. The van der Waals surface area contributed by atoms with E-state index in [0.717, 1.165) is 0 Å². The molecule has 1 saturated heterocycles. The van der Waals surface area contributed by atoms with Gasteiger partial charge in [0.1, 0.15) is 0 Å². The van der Waals surface area contributed by atoms with Gasteiger partial charge in [-0.15, -0.1) is 0 Å². The van der Waals surface area contributed by atoms with Crippen LogP contribution in [0, 0.1) is 10.1 Å². The zero-order valence-corrected chi connectivity index (χ0v) is 8.26. The molecule has 1 fully saturated rings. The number of ether oxygens (including phenoxy) is 1. The van der Waals surface area contributed by atoms with Crippen LogP contribution >= 0.6 is 0 Å². The highest BCUT2D eigenvalue weighted by Gasteiger charge is 2.49. The van der Waals surface area contributed by atoms with Crippen molar-refractivity contribution >= 4 is 17.9 Å². The predicted molar refractivity (Wildman–Crippen MR) is 47.9 cm³/mol. The van der Waals surface area contributed by atoms with E-state index in [9.17, 15) is 24.5 Å². The average Bonchev–Trinajstić information content (AvgIpc) is 2.15. The van der Waals surface area contributed by atoms with Gasteiger partial charge in [-0.25, -0.2) is 9.59 Å². The molecule has 1 heterocycles. The van der Waals surface area contributed by atoms with Gasteiger partial charge in [0.15, 0.2) is 0 Å². The van der Waals surface area contributed by atoms with Gasteiger partial charge in [-0.2, -0.15) is 0 Å². The van der Waals surface area contributed by atoms with Crippen LogP contribution in [0.4, 0.5) is 4.79 Å². The van der Waals surface area contributed by atoms with Crippen LogP contribution in [-0.2, 0) is 14.3 Å². The van der Waals surface area contributed by atoms with Crippen LogP contribution in [0.1, 0.15) is 6.92 Å². The minimum Gasteiger partial charge on any atom is -0.464 e. The number of imide groups is 1. The molecule has 16 heavy (non-hydrogen) atoms. The van der Waals surface area contributed by atoms with Crippen LogP contribution < -0.4 is 10.6 Å². The Morgan fingerprint density at radius 2 is 2.19 bits per heavy atom. The molecule has 0 aliphatic carbocycles. The van der Waals surface area contributed by atoms with Crippen molar-refractivity contribution in [1.29, 1.82) is 0 Å².